The van der Waals surface area contributed by atoms with Crippen LogP contribution in [0.25, 0.3) is 10.8 Å². The lowest BCUT2D eigenvalue weighted by atomic mass is 9.76. The third kappa shape index (κ3) is 3.23. The van der Waals surface area contributed by atoms with Gasteiger partial charge >= 0.3 is 0 Å². The molecule has 3 aromatic carbocycles. The highest BCUT2D eigenvalue weighted by atomic mass is 16.5. The average molecular weight is 400 g/mol. The van der Waals surface area contributed by atoms with Gasteiger partial charge in [0.05, 0.1) is 19.8 Å². The lowest BCUT2D eigenvalue weighted by Crippen LogP contribution is -2.29. The topological polar surface area (TPSA) is 30.5 Å². The number of rotatable bonds is 6. The zero-order chi connectivity index (χ0) is 20.5. The van der Waals surface area contributed by atoms with E-state index in [1.807, 2.05) is 0 Å². The van der Waals surface area contributed by atoms with E-state index in [0.717, 1.165) is 37.4 Å². The lowest BCUT2D eigenvalue weighted by molar-refractivity contribution is 0.308. The van der Waals surface area contributed by atoms with Crippen molar-refractivity contribution in [2.75, 3.05) is 19.0 Å². The third-order valence-corrected chi connectivity index (χ3v) is 6.56. The zero-order valence-corrected chi connectivity index (χ0v) is 17.7. The largest absolute Gasteiger partial charge is 0.496 e. The molecule has 0 amide bonds. The monoisotopic (exact) mass is 399 g/mol. The normalized spacial score (nSPS) is 21.7. The number of nitrogens with one attached hydrogen (secondary N) is 1. The van der Waals surface area contributed by atoms with E-state index in [-0.39, 0.29) is 6.04 Å². The van der Waals surface area contributed by atoms with E-state index in [0.29, 0.717) is 11.8 Å². The van der Waals surface area contributed by atoms with Gasteiger partial charge in [0.2, 0.25) is 0 Å². The van der Waals surface area contributed by atoms with Gasteiger partial charge < -0.3 is 14.8 Å². The van der Waals surface area contributed by atoms with Crippen LogP contribution in [-0.2, 0) is 0 Å². The van der Waals surface area contributed by atoms with Gasteiger partial charge in [0, 0.05) is 17.2 Å². The van der Waals surface area contributed by atoms with Gasteiger partial charge in [-0.3, -0.25) is 0 Å². The predicted molar refractivity (Wildman–Crippen MR) is 124 cm³/mol. The van der Waals surface area contributed by atoms with Gasteiger partial charge in [0.25, 0.3) is 0 Å². The number of benzene rings is 3. The van der Waals surface area contributed by atoms with E-state index >= 15 is 0 Å². The Morgan fingerprint density at radius 2 is 1.97 bits per heavy atom. The molecule has 1 N–H and O–H groups in total. The van der Waals surface area contributed by atoms with Crippen LogP contribution >= 0.6 is 0 Å². The number of fused-ring (bicyclic) bond motifs is 4. The molecule has 0 aromatic heterocycles. The Labute approximate surface area is 178 Å². The molecule has 2 aliphatic rings. The summed E-state index contributed by atoms with van der Waals surface area (Å²) in [6.07, 6.45) is 8.01. The first-order valence-electron chi connectivity index (χ1n) is 11.1. The van der Waals surface area contributed by atoms with E-state index < -0.39 is 0 Å². The van der Waals surface area contributed by atoms with E-state index in [1.54, 1.807) is 7.11 Å². The molecule has 1 heterocycles. The Bertz CT molecular complexity index is 1090. The summed E-state index contributed by atoms with van der Waals surface area (Å²) in [5.74, 6) is 2.79. The number of methoxy groups -OCH3 is 1. The number of allylic oxidation sites excluding steroid dienone is 2. The molecular formula is C27H29NO2. The number of unbranched alkanes of at least 4 members (excludes halogenated alkanes) is 1. The second-order valence-corrected chi connectivity index (χ2v) is 8.33. The summed E-state index contributed by atoms with van der Waals surface area (Å²) < 4.78 is 11.8. The van der Waals surface area contributed by atoms with Crippen molar-refractivity contribution < 1.29 is 9.47 Å². The van der Waals surface area contributed by atoms with Crippen LogP contribution in [0.2, 0.25) is 0 Å². The fourth-order valence-corrected chi connectivity index (χ4v) is 5.06. The summed E-state index contributed by atoms with van der Waals surface area (Å²) in [7, 11) is 1.77. The maximum absolute atomic E-state index is 5.99. The SMILES string of the molecule is CCCCOc1ccc2c(c1)C1C=CCC1C(c1c(OC)ccc3ccccc13)N2. The minimum atomic E-state index is 0.199. The van der Waals surface area contributed by atoms with Crippen molar-refractivity contribution >= 4 is 16.5 Å². The Balaban J connectivity index is 1.57. The fourth-order valence-electron chi connectivity index (χ4n) is 5.06. The molecular weight excluding hydrogens is 370 g/mol. The number of hydrogen-bond acceptors (Lipinski definition) is 3. The van der Waals surface area contributed by atoms with Crippen LogP contribution in [0.15, 0.2) is 66.7 Å². The van der Waals surface area contributed by atoms with Crippen LogP contribution < -0.4 is 14.8 Å². The molecule has 3 aromatic rings. The van der Waals surface area contributed by atoms with Gasteiger partial charge in [-0.05, 0) is 59.4 Å². The van der Waals surface area contributed by atoms with Gasteiger partial charge in [0.1, 0.15) is 11.5 Å². The van der Waals surface area contributed by atoms with Crippen molar-refractivity contribution in [3.8, 4) is 11.5 Å². The van der Waals surface area contributed by atoms with Crippen LogP contribution in [0.1, 0.15) is 49.3 Å². The van der Waals surface area contributed by atoms with Crippen molar-refractivity contribution in [3.63, 3.8) is 0 Å². The zero-order valence-electron chi connectivity index (χ0n) is 17.7. The van der Waals surface area contributed by atoms with Gasteiger partial charge in [-0.15, -0.1) is 0 Å². The highest BCUT2D eigenvalue weighted by Crippen LogP contribution is 2.52. The molecule has 30 heavy (non-hydrogen) atoms. The number of ether oxygens (including phenoxy) is 2. The van der Waals surface area contributed by atoms with E-state index in [1.165, 1.54) is 27.6 Å². The van der Waals surface area contributed by atoms with Crippen LogP contribution in [0.4, 0.5) is 5.69 Å². The van der Waals surface area contributed by atoms with Crippen molar-refractivity contribution in [1.29, 1.82) is 0 Å². The van der Waals surface area contributed by atoms with Crippen molar-refractivity contribution in [3.05, 3.63) is 77.9 Å². The Kier molecular flexibility index (Phi) is 5.12. The molecule has 0 spiro atoms. The first-order chi connectivity index (χ1) is 14.8. The minimum absolute atomic E-state index is 0.199. The standard InChI is InChI=1S/C27H29NO2/c1-3-4-16-30-19-13-14-24-23(17-19)21-10-7-11-22(21)27(28-24)26-20-9-6-5-8-18(20)12-15-25(26)29-2/h5-10,12-15,17,21-22,27-28H,3-4,11,16H2,1-2H3. The first-order valence-corrected chi connectivity index (χ1v) is 11.1. The second-order valence-electron chi connectivity index (χ2n) is 8.33. The van der Waals surface area contributed by atoms with Crippen molar-refractivity contribution in [2.45, 2.75) is 38.1 Å². The van der Waals surface area contributed by atoms with Gasteiger partial charge in [-0.25, -0.2) is 0 Å². The molecule has 0 saturated carbocycles. The van der Waals surface area contributed by atoms with Gasteiger partial charge in [0.15, 0.2) is 0 Å². The smallest absolute Gasteiger partial charge is 0.124 e. The average Bonchev–Trinajstić information content (AvgIpc) is 3.28. The van der Waals surface area contributed by atoms with Gasteiger partial charge in [-0.2, -0.15) is 0 Å². The molecule has 3 unspecified atom stereocenters. The van der Waals surface area contributed by atoms with E-state index in [2.05, 4.69) is 79.0 Å². The minimum Gasteiger partial charge on any atom is -0.496 e. The third-order valence-electron chi connectivity index (χ3n) is 6.56. The summed E-state index contributed by atoms with van der Waals surface area (Å²) in [6.45, 7) is 2.97. The Hall–Kier alpha value is -2.94. The molecule has 3 heteroatoms. The van der Waals surface area contributed by atoms with Crippen LogP contribution in [0.3, 0.4) is 0 Å². The van der Waals surface area contributed by atoms with E-state index in [9.17, 15) is 0 Å². The maximum Gasteiger partial charge on any atom is 0.124 e. The summed E-state index contributed by atoms with van der Waals surface area (Å²) in [5, 5.41) is 6.39. The molecule has 1 aliphatic carbocycles. The Morgan fingerprint density at radius 3 is 2.83 bits per heavy atom. The van der Waals surface area contributed by atoms with E-state index in [4.69, 9.17) is 9.47 Å². The van der Waals surface area contributed by atoms with Crippen LogP contribution in [-0.4, -0.2) is 13.7 Å². The molecule has 1 aliphatic heterocycles. The fraction of sp³-hybridized carbons (Fsp3) is 0.333. The molecule has 0 fully saturated rings. The molecule has 0 radical (unpaired) electrons. The van der Waals surface area contributed by atoms with Crippen molar-refractivity contribution in [2.24, 2.45) is 5.92 Å². The second kappa shape index (κ2) is 8.06. The number of anilines is 1. The summed E-state index contributed by atoms with van der Waals surface area (Å²) in [5.41, 5.74) is 3.81. The first kappa shape index (κ1) is 19.0. The van der Waals surface area contributed by atoms with Crippen LogP contribution in [0, 0.1) is 5.92 Å². The predicted octanol–water partition coefficient (Wildman–Crippen LogP) is 6.85. The quantitative estimate of drug-likeness (QED) is 0.363. The molecule has 0 bridgehead atoms. The lowest BCUT2D eigenvalue weighted by Gasteiger charge is -2.38. The molecule has 3 nitrogen and oxygen atoms in total. The summed E-state index contributed by atoms with van der Waals surface area (Å²) in [4.78, 5) is 0. The number of hydrogen-bond donors (Lipinski definition) is 1. The highest BCUT2D eigenvalue weighted by molar-refractivity contribution is 5.89. The highest BCUT2D eigenvalue weighted by Gasteiger charge is 2.39. The van der Waals surface area contributed by atoms with Crippen LogP contribution in [0.5, 0.6) is 11.5 Å². The summed E-state index contributed by atoms with van der Waals surface area (Å²) >= 11 is 0. The summed E-state index contributed by atoms with van der Waals surface area (Å²) in [6, 6.07) is 19.6. The molecule has 154 valence electrons. The molecule has 5 rings (SSSR count). The van der Waals surface area contributed by atoms with Crippen molar-refractivity contribution in [1.82, 2.24) is 0 Å². The maximum atomic E-state index is 5.99. The van der Waals surface area contributed by atoms with Gasteiger partial charge in [-0.1, -0.05) is 55.8 Å². The Morgan fingerprint density at radius 1 is 1.07 bits per heavy atom. The molecule has 3 atom stereocenters. The molecule has 0 saturated heterocycles.